The van der Waals surface area contributed by atoms with Crippen molar-refractivity contribution in [2.24, 2.45) is 7.05 Å². The predicted molar refractivity (Wildman–Crippen MR) is 141 cm³/mol. The van der Waals surface area contributed by atoms with Crippen LogP contribution in [-0.4, -0.2) is 45.0 Å². The third-order valence-electron chi connectivity index (χ3n) is 6.09. The lowest BCUT2D eigenvalue weighted by Crippen LogP contribution is -2.31. The van der Waals surface area contributed by atoms with Crippen LogP contribution >= 0.6 is 11.8 Å². The zero-order valence-electron chi connectivity index (χ0n) is 20.2. The molecule has 0 aliphatic carbocycles. The smallest absolute Gasteiger partial charge is 0.338 e. The summed E-state index contributed by atoms with van der Waals surface area (Å²) in [6, 6.07) is 21.2. The molecule has 0 radical (unpaired) electrons. The van der Waals surface area contributed by atoms with Crippen LogP contribution in [0.25, 0.3) is 10.9 Å². The molecule has 0 N–H and O–H groups in total. The first-order valence-electron chi connectivity index (χ1n) is 11.7. The van der Waals surface area contributed by atoms with Crippen LogP contribution in [0.15, 0.2) is 88.8 Å². The molecule has 0 bridgehead atoms. The molecule has 5 rings (SSSR count). The Labute approximate surface area is 221 Å². The number of aromatic nitrogens is 2. The molecule has 1 aliphatic rings. The van der Waals surface area contributed by atoms with Crippen molar-refractivity contribution in [3.05, 3.63) is 100 Å². The Morgan fingerprint density at radius 1 is 0.921 bits per heavy atom. The number of hydrogen-bond acceptors (Lipinski definition) is 8. The van der Waals surface area contributed by atoms with Gasteiger partial charge >= 0.3 is 5.97 Å². The quantitative estimate of drug-likeness (QED) is 0.155. The van der Waals surface area contributed by atoms with Gasteiger partial charge in [-0.25, -0.2) is 14.7 Å². The first kappa shape index (κ1) is 25.1. The fraction of sp³-hybridized carbons (Fsp3) is 0.143. The van der Waals surface area contributed by atoms with Crippen molar-refractivity contribution in [3.63, 3.8) is 0 Å². The van der Waals surface area contributed by atoms with Crippen molar-refractivity contribution in [2.75, 3.05) is 11.5 Å². The van der Waals surface area contributed by atoms with Crippen LogP contribution in [0.5, 0.6) is 0 Å². The first-order valence-corrected chi connectivity index (χ1v) is 12.6. The van der Waals surface area contributed by atoms with Gasteiger partial charge in [0.05, 0.1) is 22.2 Å². The number of esters is 1. The molecule has 3 aromatic carbocycles. The predicted octanol–water partition coefficient (Wildman–Crippen LogP) is 3.40. The van der Waals surface area contributed by atoms with E-state index in [-0.39, 0.29) is 23.3 Å². The molecule has 10 heteroatoms. The maximum atomic E-state index is 13.2. The molecule has 1 aromatic heterocycles. The number of ketones is 1. The number of Topliss-reactive ketones (excluding diaryl/α,β-unsaturated/α-hetero) is 1. The van der Waals surface area contributed by atoms with Crippen molar-refractivity contribution >= 4 is 51.9 Å². The van der Waals surface area contributed by atoms with Crippen molar-refractivity contribution in [1.82, 2.24) is 9.55 Å². The highest BCUT2D eigenvalue weighted by atomic mass is 32.2. The number of imide groups is 1. The van der Waals surface area contributed by atoms with E-state index in [1.54, 1.807) is 61.6 Å². The van der Waals surface area contributed by atoms with Crippen LogP contribution in [0.1, 0.15) is 27.1 Å². The number of amides is 2. The number of carbonyl (C=O) groups excluding carboxylic acids is 4. The number of carbonyl (C=O) groups is 4. The number of anilines is 1. The SMILES string of the molecule is Cn1c(SC2CC(=O)N(c3ccc(C(=O)OCC(=O)c4ccccc4)cc3)C2=O)nc2ccccc2c1=O. The van der Waals surface area contributed by atoms with E-state index in [0.717, 1.165) is 16.7 Å². The highest BCUT2D eigenvalue weighted by Crippen LogP contribution is 2.33. The van der Waals surface area contributed by atoms with Gasteiger partial charge < -0.3 is 4.74 Å². The Morgan fingerprint density at radius 3 is 2.34 bits per heavy atom. The summed E-state index contributed by atoms with van der Waals surface area (Å²) in [5, 5.41) is 0.0538. The van der Waals surface area contributed by atoms with Crippen molar-refractivity contribution in [1.29, 1.82) is 0 Å². The molecular weight excluding hydrogens is 506 g/mol. The average Bonchev–Trinajstić information content (AvgIpc) is 3.22. The Balaban J connectivity index is 1.27. The third-order valence-corrected chi connectivity index (χ3v) is 7.32. The van der Waals surface area contributed by atoms with E-state index in [2.05, 4.69) is 4.98 Å². The van der Waals surface area contributed by atoms with Crippen molar-refractivity contribution in [3.8, 4) is 0 Å². The Bertz CT molecular complexity index is 1630. The number of fused-ring (bicyclic) bond motifs is 1. The van der Waals surface area contributed by atoms with Crippen LogP contribution in [0.4, 0.5) is 5.69 Å². The van der Waals surface area contributed by atoms with Crippen LogP contribution < -0.4 is 10.5 Å². The maximum Gasteiger partial charge on any atom is 0.338 e. The molecule has 9 nitrogen and oxygen atoms in total. The third kappa shape index (κ3) is 4.85. The molecule has 4 aromatic rings. The lowest BCUT2D eigenvalue weighted by Gasteiger charge is -2.16. The van der Waals surface area contributed by atoms with E-state index in [1.807, 2.05) is 0 Å². The Hall–Kier alpha value is -4.57. The Kier molecular flexibility index (Phi) is 6.89. The van der Waals surface area contributed by atoms with Crippen molar-refractivity contribution < 1.29 is 23.9 Å². The van der Waals surface area contributed by atoms with Gasteiger partial charge in [0.25, 0.3) is 5.56 Å². The van der Waals surface area contributed by atoms with Gasteiger partial charge in [-0.3, -0.25) is 23.7 Å². The summed E-state index contributed by atoms with van der Waals surface area (Å²) in [4.78, 5) is 68.7. The van der Waals surface area contributed by atoms with Gasteiger partial charge in [-0.15, -0.1) is 0 Å². The summed E-state index contributed by atoms with van der Waals surface area (Å²) in [5.74, 6) is -1.87. The monoisotopic (exact) mass is 527 g/mol. The molecule has 190 valence electrons. The molecule has 1 saturated heterocycles. The van der Waals surface area contributed by atoms with Gasteiger partial charge in [0.15, 0.2) is 17.5 Å². The molecule has 2 heterocycles. The van der Waals surface area contributed by atoms with Crippen LogP contribution in [0.3, 0.4) is 0 Å². The van der Waals surface area contributed by atoms with Gasteiger partial charge in [-0.1, -0.05) is 54.2 Å². The molecule has 0 spiro atoms. The van der Waals surface area contributed by atoms with E-state index in [0.29, 0.717) is 27.3 Å². The van der Waals surface area contributed by atoms with E-state index in [1.165, 1.54) is 28.8 Å². The number of ether oxygens (including phenoxy) is 1. The summed E-state index contributed by atoms with van der Waals surface area (Å²) in [6.45, 7) is -0.405. The first-order chi connectivity index (χ1) is 18.3. The number of para-hydroxylation sites is 1. The molecule has 1 fully saturated rings. The second-order valence-electron chi connectivity index (χ2n) is 8.57. The highest BCUT2D eigenvalue weighted by Gasteiger charge is 2.41. The highest BCUT2D eigenvalue weighted by molar-refractivity contribution is 8.00. The number of rotatable bonds is 7. The molecule has 0 saturated carbocycles. The van der Waals surface area contributed by atoms with Gasteiger partial charge in [0, 0.05) is 19.0 Å². The number of benzene rings is 3. The number of nitrogens with zero attached hydrogens (tertiary/aromatic N) is 3. The fourth-order valence-electron chi connectivity index (χ4n) is 4.07. The average molecular weight is 528 g/mol. The minimum atomic E-state index is -0.754. The molecule has 1 unspecified atom stereocenters. The number of hydrogen-bond donors (Lipinski definition) is 0. The molecule has 1 aliphatic heterocycles. The summed E-state index contributed by atoms with van der Waals surface area (Å²) in [6.07, 6.45) is -0.0579. The van der Waals surface area contributed by atoms with Crippen LogP contribution in [-0.2, 0) is 21.4 Å². The van der Waals surface area contributed by atoms with E-state index in [4.69, 9.17) is 4.74 Å². The fourth-order valence-corrected chi connectivity index (χ4v) is 5.14. The van der Waals surface area contributed by atoms with Gasteiger partial charge in [0.1, 0.15) is 5.25 Å². The summed E-state index contributed by atoms with van der Waals surface area (Å²) >= 11 is 1.07. The second kappa shape index (κ2) is 10.4. The van der Waals surface area contributed by atoms with E-state index >= 15 is 0 Å². The molecular formula is C28H21N3O6S. The molecule has 1 atom stereocenters. The lowest BCUT2D eigenvalue weighted by molar-refractivity contribution is -0.121. The minimum Gasteiger partial charge on any atom is -0.454 e. The normalized spacial score (nSPS) is 15.2. The van der Waals surface area contributed by atoms with Gasteiger partial charge in [0.2, 0.25) is 11.8 Å². The van der Waals surface area contributed by atoms with Crippen molar-refractivity contribution in [2.45, 2.75) is 16.8 Å². The summed E-state index contributed by atoms with van der Waals surface area (Å²) in [5.41, 5.74) is 1.20. The van der Waals surface area contributed by atoms with E-state index in [9.17, 15) is 24.0 Å². The van der Waals surface area contributed by atoms with E-state index < -0.39 is 29.6 Å². The Morgan fingerprint density at radius 2 is 1.61 bits per heavy atom. The standard InChI is InChI=1S/C28H21N3O6S/c1-30-25(34)20-9-5-6-10-21(20)29-28(30)38-23-15-24(33)31(26(23)35)19-13-11-18(12-14-19)27(36)37-16-22(32)17-7-3-2-4-8-17/h2-14,23H,15-16H2,1H3. The second-order valence-corrected chi connectivity index (χ2v) is 9.74. The summed E-state index contributed by atoms with van der Waals surface area (Å²) in [7, 11) is 1.58. The minimum absolute atomic E-state index is 0.0579. The maximum absolute atomic E-state index is 13.2. The molecule has 2 amide bonds. The summed E-state index contributed by atoms with van der Waals surface area (Å²) < 4.78 is 6.48. The molecule has 38 heavy (non-hydrogen) atoms. The zero-order chi connectivity index (χ0) is 26.8. The largest absolute Gasteiger partial charge is 0.454 e. The van der Waals surface area contributed by atoms with Crippen LogP contribution in [0.2, 0.25) is 0 Å². The topological polar surface area (TPSA) is 116 Å². The zero-order valence-corrected chi connectivity index (χ0v) is 21.0. The van der Waals surface area contributed by atoms with Gasteiger partial charge in [-0.2, -0.15) is 0 Å². The van der Waals surface area contributed by atoms with Gasteiger partial charge in [-0.05, 0) is 36.4 Å². The van der Waals surface area contributed by atoms with Crippen LogP contribution in [0, 0.1) is 0 Å². The number of thioether (sulfide) groups is 1. The lowest BCUT2D eigenvalue weighted by atomic mass is 10.1.